The Morgan fingerprint density at radius 1 is 1.44 bits per heavy atom. The van der Waals surface area contributed by atoms with E-state index in [9.17, 15) is 0 Å². The van der Waals surface area contributed by atoms with Crippen molar-refractivity contribution in [1.82, 2.24) is 14.8 Å². The quantitative estimate of drug-likeness (QED) is 0.814. The third-order valence-corrected chi connectivity index (χ3v) is 2.68. The van der Waals surface area contributed by atoms with Crippen LogP contribution in [-0.2, 0) is 13.5 Å². The topological polar surface area (TPSA) is 56.7 Å². The number of benzene rings is 1. The minimum atomic E-state index is 0.632. The summed E-state index contributed by atoms with van der Waals surface area (Å²) in [4.78, 5) is 4.41. The molecule has 16 heavy (non-hydrogen) atoms. The van der Waals surface area contributed by atoms with Crippen LogP contribution in [0.5, 0.6) is 0 Å². The molecule has 0 bridgehead atoms. The number of halogens is 1. The van der Waals surface area contributed by atoms with E-state index in [2.05, 4.69) is 10.1 Å². The molecule has 0 aliphatic carbocycles. The van der Waals surface area contributed by atoms with Gasteiger partial charge in [0.25, 0.3) is 0 Å². The predicted molar refractivity (Wildman–Crippen MR) is 65.2 cm³/mol. The van der Waals surface area contributed by atoms with Crippen LogP contribution in [0.25, 0.3) is 11.4 Å². The van der Waals surface area contributed by atoms with Gasteiger partial charge >= 0.3 is 0 Å². The van der Waals surface area contributed by atoms with E-state index in [4.69, 9.17) is 17.3 Å². The van der Waals surface area contributed by atoms with Gasteiger partial charge in [-0.2, -0.15) is 5.10 Å². The van der Waals surface area contributed by atoms with Gasteiger partial charge in [0.1, 0.15) is 0 Å². The van der Waals surface area contributed by atoms with Crippen LogP contribution in [0.1, 0.15) is 12.7 Å². The second-order valence-corrected chi connectivity index (χ2v) is 3.98. The Labute approximate surface area is 99.1 Å². The maximum atomic E-state index is 6.12. The van der Waals surface area contributed by atoms with Gasteiger partial charge in [-0.3, -0.25) is 0 Å². The number of rotatable bonds is 2. The number of aromatic nitrogens is 3. The zero-order chi connectivity index (χ0) is 11.7. The van der Waals surface area contributed by atoms with Crippen LogP contribution in [0.15, 0.2) is 18.2 Å². The Balaban J connectivity index is 2.57. The Hall–Kier alpha value is -1.55. The van der Waals surface area contributed by atoms with Crippen molar-refractivity contribution in [2.45, 2.75) is 13.3 Å². The van der Waals surface area contributed by atoms with Gasteiger partial charge in [0.05, 0.1) is 5.02 Å². The van der Waals surface area contributed by atoms with E-state index < -0.39 is 0 Å². The molecule has 0 radical (unpaired) electrons. The maximum Gasteiger partial charge on any atom is 0.159 e. The minimum absolute atomic E-state index is 0.632. The molecule has 0 spiro atoms. The van der Waals surface area contributed by atoms with Crippen LogP contribution in [0, 0.1) is 0 Å². The number of aryl methyl sites for hydroxylation is 2. The summed E-state index contributed by atoms with van der Waals surface area (Å²) in [7, 11) is 1.85. The molecule has 0 fully saturated rings. The van der Waals surface area contributed by atoms with Crippen LogP contribution in [-0.4, -0.2) is 14.8 Å². The lowest BCUT2D eigenvalue weighted by molar-refractivity contribution is 0.753. The molecular weight excluding hydrogens is 224 g/mol. The average Bonchev–Trinajstić information content (AvgIpc) is 2.63. The predicted octanol–water partition coefficient (Wildman–Crippen LogP) is 2.28. The lowest BCUT2D eigenvalue weighted by Gasteiger charge is -2.03. The number of nitrogens with two attached hydrogens (primary N) is 1. The highest BCUT2D eigenvalue weighted by molar-refractivity contribution is 6.33. The lowest BCUT2D eigenvalue weighted by Crippen LogP contribution is -1.96. The average molecular weight is 237 g/mol. The molecule has 1 aromatic carbocycles. The first kappa shape index (κ1) is 11.0. The van der Waals surface area contributed by atoms with E-state index in [0.29, 0.717) is 10.7 Å². The number of hydrogen-bond acceptors (Lipinski definition) is 3. The molecule has 1 heterocycles. The zero-order valence-corrected chi connectivity index (χ0v) is 9.99. The second-order valence-electron chi connectivity index (χ2n) is 3.57. The molecule has 2 aromatic rings. The first-order chi connectivity index (χ1) is 7.61. The van der Waals surface area contributed by atoms with Crippen LogP contribution in [0.4, 0.5) is 5.69 Å². The fourth-order valence-electron chi connectivity index (χ4n) is 1.54. The zero-order valence-electron chi connectivity index (χ0n) is 9.24. The second kappa shape index (κ2) is 4.14. The molecule has 0 atom stereocenters. The van der Waals surface area contributed by atoms with Crippen LogP contribution >= 0.6 is 11.6 Å². The van der Waals surface area contributed by atoms with Gasteiger partial charge < -0.3 is 5.73 Å². The van der Waals surface area contributed by atoms with Gasteiger partial charge in [0.2, 0.25) is 0 Å². The highest BCUT2D eigenvalue weighted by Crippen LogP contribution is 2.28. The van der Waals surface area contributed by atoms with Gasteiger partial charge in [0, 0.05) is 24.7 Å². The van der Waals surface area contributed by atoms with Crippen LogP contribution in [0.2, 0.25) is 5.02 Å². The summed E-state index contributed by atoms with van der Waals surface area (Å²) in [5.74, 6) is 1.55. The first-order valence-electron chi connectivity index (χ1n) is 5.07. The van der Waals surface area contributed by atoms with Gasteiger partial charge in [-0.15, -0.1) is 0 Å². The molecule has 0 unspecified atom stereocenters. The van der Waals surface area contributed by atoms with Crippen molar-refractivity contribution < 1.29 is 0 Å². The monoisotopic (exact) mass is 236 g/mol. The molecule has 2 rings (SSSR count). The normalized spacial score (nSPS) is 10.7. The van der Waals surface area contributed by atoms with E-state index >= 15 is 0 Å². The summed E-state index contributed by atoms with van der Waals surface area (Å²) in [6, 6.07) is 5.35. The summed E-state index contributed by atoms with van der Waals surface area (Å²) in [5, 5.41) is 4.91. The summed E-state index contributed by atoms with van der Waals surface area (Å²) < 4.78 is 1.72. The van der Waals surface area contributed by atoms with E-state index in [0.717, 1.165) is 23.6 Å². The first-order valence-corrected chi connectivity index (χ1v) is 5.45. The van der Waals surface area contributed by atoms with Crippen LogP contribution in [0.3, 0.4) is 0 Å². The van der Waals surface area contributed by atoms with E-state index in [1.165, 1.54) is 0 Å². The fourth-order valence-corrected chi connectivity index (χ4v) is 1.74. The van der Waals surface area contributed by atoms with Crippen molar-refractivity contribution >= 4 is 17.3 Å². The van der Waals surface area contributed by atoms with Crippen molar-refractivity contribution in [3.63, 3.8) is 0 Å². The maximum absolute atomic E-state index is 6.12. The Kier molecular flexibility index (Phi) is 2.83. The standard InChI is InChI=1S/C11H13ClN4/c1-3-10-14-11(16(2)15-10)8-6-7(13)4-5-9(8)12/h4-6H,3,13H2,1-2H3. The summed E-state index contributed by atoms with van der Waals surface area (Å²) in [6.07, 6.45) is 0.799. The largest absolute Gasteiger partial charge is 0.399 e. The molecule has 0 amide bonds. The fraction of sp³-hybridized carbons (Fsp3) is 0.273. The van der Waals surface area contributed by atoms with Gasteiger partial charge in [0.15, 0.2) is 11.6 Å². The summed E-state index contributed by atoms with van der Waals surface area (Å²) >= 11 is 6.12. The number of anilines is 1. The molecule has 2 N–H and O–H groups in total. The minimum Gasteiger partial charge on any atom is -0.399 e. The number of nitrogens with zero attached hydrogens (tertiary/aromatic N) is 3. The highest BCUT2D eigenvalue weighted by atomic mass is 35.5. The van der Waals surface area contributed by atoms with Crippen molar-refractivity contribution in [1.29, 1.82) is 0 Å². The molecule has 1 aromatic heterocycles. The number of nitrogen functional groups attached to an aromatic ring is 1. The van der Waals surface area contributed by atoms with Crippen LogP contribution < -0.4 is 5.73 Å². The van der Waals surface area contributed by atoms with E-state index in [1.807, 2.05) is 20.0 Å². The molecular formula is C11H13ClN4. The Morgan fingerprint density at radius 2 is 2.19 bits per heavy atom. The van der Waals surface area contributed by atoms with Gasteiger partial charge in [-0.05, 0) is 18.2 Å². The summed E-state index contributed by atoms with van der Waals surface area (Å²) in [6.45, 7) is 2.01. The Bertz CT molecular complexity index is 519. The SMILES string of the molecule is CCc1nc(-c2cc(N)ccc2Cl)n(C)n1. The highest BCUT2D eigenvalue weighted by Gasteiger charge is 2.11. The van der Waals surface area contributed by atoms with E-state index in [1.54, 1.807) is 16.8 Å². The van der Waals surface area contributed by atoms with Crippen molar-refractivity contribution in [3.8, 4) is 11.4 Å². The third kappa shape index (κ3) is 1.88. The smallest absolute Gasteiger partial charge is 0.159 e. The molecule has 4 nitrogen and oxygen atoms in total. The van der Waals surface area contributed by atoms with E-state index in [-0.39, 0.29) is 0 Å². The molecule has 0 saturated carbocycles. The summed E-state index contributed by atoms with van der Waals surface area (Å²) in [5.41, 5.74) is 7.22. The van der Waals surface area contributed by atoms with Crippen molar-refractivity contribution in [2.75, 3.05) is 5.73 Å². The molecule has 0 aliphatic heterocycles. The molecule has 84 valence electrons. The number of hydrogen-bond donors (Lipinski definition) is 1. The lowest BCUT2D eigenvalue weighted by atomic mass is 10.2. The molecule has 5 heteroatoms. The van der Waals surface area contributed by atoms with Crippen molar-refractivity contribution in [3.05, 3.63) is 29.0 Å². The van der Waals surface area contributed by atoms with Crippen molar-refractivity contribution in [2.24, 2.45) is 7.05 Å². The Morgan fingerprint density at radius 3 is 2.81 bits per heavy atom. The molecule has 0 aliphatic rings. The molecule has 0 saturated heterocycles. The van der Waals surface area contributed by atoms with Gasteiger partial charge in [-0.25, -0.2) is 9.67 Å². The third-order valence-electron chi connectivity index (χ3n) is 2.35. The van der Waals surface area contributed by atoms with Gasteiger partial charge in [-0.1, -0.05) is 18.5 Å².